The van der Waals surface area contributed by atoms with Gasteiger partial charge in [-0.2, -0.15) is 0 Å². The molecule has 1 N–H and O–H groups in total. The van der Waals surface area contributed by atoms with Crippen molar-refractivity contribution in [2.24, 2.45) is 17.8 Å². The van der Waals surface area contributed by atoms with Gasteiger partial charge in [0, 0.05) is 6.54 Å². The smallest absolute Gasteiger partial charge is 0.233 e. The normalized spacial score (nSPS) is 23.6. The van der Waals surface area contributed by atoms with Crippen molar-refractivity contribution >= 4 is 21.8 Å². The van der Waals surface area contributed by atoms with Crippen LogP contribution in [0.1, 0.15) is 32.6 Å². The highest BCUT2D eigenvalue weighted by Crippen LogP contribution is 2.48. The Kier molecular flexibility index (Phi) is 3.15. The molecule has 0 aliphatic heterocycles. The van der Waals surface area contributed by atoms with Crippen LogP contribution in [0.5, 0.6) is 0 Å². The summed E-state index contributed by atoms with van der Waals surface area (Å²) in [6, 6.07) is 0. The van der Waals surface area contributed by atoms with Gasteiger partial charge in [-0.3, -0.25) is 4.79 Å². The summed E-state index contributed by atoms with van der Waals surface area (Å²) in [7, 11) is 0. The van der Waals surface area contributed by atoms with E-state index in [4.69, 9.17) is 0 Å². The second-order valence-electron chi connectivity index (χ2n) is 4.70. The number of halogens is 1. The van der Waals surface area contributed by atoms with Crippen molar-refractivity contribution in [3.8, 4) is 0 Å². The lowest BCUT2D eigenvalue weighted by atomic mass is 9.98. The van der Waals surface area contributed by atoms with Crippen LogP contribution in [0.2, 0.25) is 0 Å². The summed E-state index contributed by atoms with van der Waals surface area (Å²) in [5.41, 5.74) is 0. The lowest BCUT2D eigenvalue weighted by molar-refractivity contribution is -0.120. The quantitative estimate of drug-likeness (QED) is 0.755. The molecular formula is C11H18BrNO. The van der Waals surface area contributed by atoms with Crippen molar-refractivity contribution in [1.29, 1.82) is 0 Å². The van der Waals surface area contributed by atoms with E-state index in [1.165, 1.54) is 25.7 Å². The Morgan fingerprint density at radius 2 is 1.86 bits per heavy atom. The third kappa shape index (κ3) is 2.72. The van der Waals surface area contributed by atoms with Gasteiger partial charge in [0.2, 0.25) is 5.91 Å². The van der Waals surface area contributed by atoms with Crippen LogP contribution in [0.25, 0.3) is 0 Å². The molecule has 2 saturated carbocycles. The average Bonchev–Trinajstić information content (AvgIpc) is 2.99. The van der Waals surface area contributed by atoms with Crippen molar-refractivity contribution in [2.75, 3.05) is 6.54 Å². The molecule has 1 atom stereocenters. The molecule has 2 aliphatic carbocycles. The molecule has 0 spiro atoms. The molecule has 0 aromatic carbocycles. The average molecular weight is 260 g/mol. The largest absolute Gasteiger partial charge is 0.355 e. The molecule has 0 aromatic rings. The van der Waals surface area contributed by atoms with Gasteiger partial charge >= 0.3 is 0 Å². The molecule has 3 heteroatoms. The topological polar surface area (TPSA) is 29.1 Å². The summed E-state index contributed by atoms with van der Waals surface area (Å²) in [5, 5.41) is 3.04. The van der Waals surface area contributed by atoms with Gasteiger partial charge in [0.1, 0.15) is 0 Å². The highest BCUT2D eigenvalue weighted by atomic mass is 79.9. The maximum Gasteiger partial charge on any atom is 0.233 e. The van der Waals surface area contributed by atoms with Crippen LogP contribution in [0.4, 0.5) is 0 Å². The zero-order chi connectivity index (χ0) is 10.1. The zero-order valence-corrected chi connectivity index (χ0v) is 10.2. The lowest BCUT2D eigenvalue weighted by Crippen LogP contribution is -2.34. The molecule has 80 valence electrons. The number of hydrogen-bond acceptors (Lipinski definition) is 1. The molecule has 1 amide bonds. The Bertz CT molecular complexity index is 209. The minimum absolute atomic E-state index is 0.0541. The molecule has 0 heterocycles. The number of carbonyl (C=O) groups excluding carboxylic acids is 1. The first-order valence-corrected chi connectivity index (χ1v) is 6.52. The van der Waals surface area contributed by atoms with E-state index in [2.05, 4.69) is 21.2 Å². The first-order valence-electron chi connectivity index (χ1n) is 5.60. The van der Waals surface area contributed by atoms with E-state index in [-0.39, 0.29) is 10.7 Å². The van der Waals surface area contributed by atoms with E-state index in [0.717, 1.165) is 24.3 Å². The second kappa shape index (κ2) is 4.21. The number of carbonyl (C=O) groups is 1. The highest BCUT2D eigenvalue weighted by Gasteiger charge is 2.41. The predicted octanol–water partition coefficient (Wildman–Crippen LogP) is 2.32. The van der Waals surface area contributed by atoms with Crippen LogP contribution < -0.4 is 5.32 Å². The van der Waals surface area contributed by atoms with Gasteiger partial charge < -0.3 is 5.32 Å². The molecule has 0 saturated heterocycles. The summed E-state index contributed by atoms with van der Waals surface area (Å²) >= 11 is 3.28. The third-order valence-electron chi connectivity index (χ3n) is 3.33. The summed E-state index contributed by atoms with van der Waals surface area (Å²) in [6.45, 7) is 2.78. The van der Waals surface area contributed by atoms with Crippen LogP contribution in [-0.4, -0.2) is 17.3 Å². The number of hydrogen-bond donors (Lipinski definition) is 1. The fourth-order valence-electron chi connectivity index (χ4n) is 2.13. The van der Waals surface area contributed by atoms with E-state index in [1.807, 2.05) is 6.92 Å². The Hall–Kier alpha value is -0.0500. The van der Waals surface area contributed by atoms with E-state index < -0.39 is 0 Å². The van der Waals surface area contributed by atoms with E-state index in [0.29, 0.717) is 0 Å². The van der Waals surface area contributed by atoms with Crippen molar-refractivity contribution in [3.63, 3.8) is 0 Å². The molecule has 0 bridgehead atoms. The van der Waals surface area contributed by atoms with Crippen molar-refractivity contribution in [1.82, 2.24) is 5.32 Å². The van der Waals surface area contributed by atoms with Crippen molar-refractivity contribution < 1.29 is 4.79 Å². The number of nitrogens with one attached hydrogen (secondary N) is 1. The first-order chi connectivity index (χ1) is 6.68. The van der Waals surface area contributed by atoms with Gasteiger partial charge in [0.15, 0.2) is 0 Å². The summed E-state index contributed by atoms with van der Waals surface area (Å²) in [5.74, 6) is 2.77. The third-order valence-corrected chi connectivity index (χ3v) is 3.74. The fraction of sp³-hybridized carbons (Fsp3) is 0.909. The fourth-order valence-corrected chi connectivity index (χ4v) is 2.29. The van der Waals surface area contributed by atoms with E-state index >= 15 is 0 Å². The molecule has 0 radical (unpaired) electrons. The van der Waals surface area contributed by atoms with Gasteiger partial charge in [0.25, 0.3) is 0 Å². The Labute approximate surface area is 94.0 Å². The monoisotopic (exact) mass is 259 g/mol. The Balaban J connectivity index is 1.74. The molecule has 0 aromatic heterocycles. The maximum atomic E-state index is 11.4. The van der Waals surface area contributed by atoms with Gasteiger partial charge in [-0.05, 0) is 50.4 Å². The van der Waals surface area contributed by atoms with Crippen LogP contribution in [0, 0.1) is 17.8 Å². The maximum absolute atomic E-state index is 11.4. The summed E-state index contributed by atoms with van der Waals surface area (Å²) in [6.07, 6.45) is 5.56. The van der Waals surface area contributed by atoms with Gasteiger partial charge in [-0.25, -0.2) is 0 Å². The number of rotatable bonds is 5. The van der Waals surface area contributed by atoms with Crippen LogP contribution in [0.15, 0.2) is 0 Å². The Morgan fingerprint density at radius 3 is 2.21 bits per heavy atom. The SMILES string of the molecule is CC(Br)C(=O)NCC(C1CC1)C1CC1. The molecule has 2 aliphatic rings. The van der Waals surface area contributed by atoms with Crippen LogP contribution in [-0.2, 0) is 4.79 Å². The van der Waals surface area contributed by atoms with Crippen LogP contribution >= 0.6 is 15.9 Å². The summed E-state index contributed by atoms with van der Waals surface area (Å²) in [4.78, 5) is 11.3. The van der Waals surface area contributed by atoms with Gasteiger partial charge in [-0.1, -0.05) is 15.9 Å². The van der Waals surface area contributed by atoms with Crippen molar-refractivity contribution in [2.45, 2.75) is 37.4 Å². The number of alkyl halides is 1. The second-order valence-corrected chi connectivity index (χ2v) is 6.07. The lowest BCUT2D eigenvalue weighted by Gasteiger charge is -2.16. The van der Waals surface area contributed by atoms with E-state index in [9.17, 15) is 4.79 Å². The molecule has 2 rings (SSSR count). The molecule has 2 nitrogen and oxygen atoms in total. The molecule has 2 fully saturated rings. The molecule has 1 unspecified atom stereocenters. The van der Waals surface area contributed by atoms with Crippen LogP contribution in [0.3, 0.4) is 0 Å². The first kappa shape index (κ1) is 10.5. The minimum Gasteiger partial charge on any atom is -0.355 e. The van der Waals surface area contributed by atoms with Gasteiger partial charge in [0.05, 0.1) is 4.83 Å². The highest BCUT2D eigenvalue weighted by molar-refractivity contribution is 9.10. The van der Waals surface area contributed by atoms with Crippen molar-refractivity contribution in [3.05, 3.63) is 0 Å². The van der Waals surface area contributed by atoms with Gasteiger partial charge in [-0.15, -0.1) is 0 Å². The minimum atomic E-state index is -0.0541. The standard InChI is InChI=1S/C11H18BrNO/c1-7(12)11(14)13-6-10(8-2-3-8)9-4-5-9/h7-10H,2-6H2,1H3,(H,13,14). The Morgan fingerprint density at radius 1 is 1.36 bits per heavy atom. The summed E-state index contributed by atoms with van der Waals surface area (Å²) < 4.78 is 0. The molecular weight excluding hydrogens is 242 g/mol. The zero-order valence-electron chi connectivity index (χ0n) is 8.63. The number of amides is 1. The predicted molar refractivity (Wildman–Crippen MR) is 60.3 cm³/mol. The molecule has 14 heavy (non-hydrogen) atoms. The van der Waals surface area contributed by atoms with E-state index in [1.54, 1.807) is 0 Å².